The average molecular weight is 346 g/mol. The van der Waals surface area contributed by atoms with Crippen molar-refractivity contribution in [1.82, 2.24) is 24.6 Å². The van der Waals surface area contributed by atoms with Crippen LogP contribution in [0.3, 0.4) is 0 Å². The first-order valence-electron chi connectivity index (χ1n) is 9.15. The van der Waals surface area contributed by atoms with E-state index in [1.807, 2.05) is 11.7 Å². The molecule has 0 aromatic carbocycles. The number of likely N-dealkylation sites (tertiary alicyclic amines) is 1. The van der Waals surface area contributed by atoms with Crippen LogP contribution in [0.1, 0.15) is 48.0 Å². The number of hydrogen-bond acceptors (Lipinski definition) is 5. The maximum absolute atomic E-state index is 4.61. The first-order chi connectivity index (χ1) is 11.8. The molecule has 2 aromatic heterocycles. The van der Waals surface area contributed by atoms with Crippen LogP contribution in [0.2, 0.25) is 0 Å². The Hall–Kier alpha value is -1.24. The molecule has 5 nitrogen and oxygen atoms in total. The zero-order chi connectivity index (χ0) is 16.4. The molecule has 1 fully saturated rings. The van der Waals surface area contributed by atoms with Crippen LogP contribution in [0.4, 0.5) is 0 Å². The maximum Gasteiger partial charge on any atom is 0.0798 e. The first kappa shape index (κ1) is 16.2. The second-order valence-electron chi connectivity index (χ2n) is 7.14. The van der Waals surface area contributed by atoms with Crippen LogP contribution in [0.5, 0.6) is 0 Å². The van der Waals surface area contributed by atoms with Crippen LogP contribution in [0.25, 0.3) is 0 Å². The second kappa shape index (κ2) is 7.33. The number of aromatic nitrogens is 3. The van der Waals surface area contributed by atoms with E-state index in [0.717, 1.165) is 19.6 Å². The van der Waals surface area contributed by atoms with E-state index < -0.39 is 0 Å². The Morgan fingerprint density at radius 1 is 1.21 bits per heavy atom. The predicted molar refractivity (Wildman–Crippen MR) is 97.1 cm³/mol. The van der Waals surface area contributed by atoms with Crippen molar-refractivity contribution in [3.05, 3.63) is 34.0 Å². The van der Waals surface area contributed by atoms with Crippen LogP contribution in [-0.4, -0.2) is 50.7 Å². The van der Waals surface area contributed by atoms with Crippen molar-refractivity contribution in [2.75, 3.05) is 26.2 Å². The van der Waals surface area contributed by atoms with Crippen LogP contribution in [0.15, 0.2) is 17.8 Å². The summed E-state index contributed by atoms with van der Waals surface area (Å²) < 4.78 is 2.28. The number of hydrogen-bond donors (Lipinski definition) is 0. The molecular weight excluding hydrogens is 318 g/mol. The summed E-state index contributed by atoms with van der Waals surface area (Å²) in [7, 11) is 0. The third kappa shape index (κ3) is 3.55. The second-order valence-corrected chi connectivity index (χ2v) is 8.08. The lowest BCUT2D eigenvalue weighted by atomic mass is 10.1. The molecule has 0 aliphatic carbocycles. The van der Waals surface area contributed by atoms with Crippen molar-refractivity contribution in [3.8, 4) is 0 Å². The SMILES string of the molecule is Cc1ncsc1CN1Cc2ccnn2[C@@H](CCN2CCCCC2)C1. The molecule has 0 amide bonds. The number of thiazole rings is 1. The maximum atomic E-state index is 4.61. The standard InChI is InChI=1S/C18H27N5S/c1-15-18(24-14-19-15)13-22-11-16-5-7-20-23(16)17(12-22)6-10-21-8-3-2-4-9-21/h5,7,14,17H,2-4,6,8-13H2,1H3/t17-/m0/s1. The Bertz CT molecular complexity index is 658. The van der Waals surface area contributed by atoms with Gasteiger partial charge in [-0.05, 0) is 45.3 Å². The van der Waals surface area contributed by atoms with Crippen molar-refractivity contribution in [1.29, 1.82) is 0 Å². The molecular formula is C18H27N5S. The Balaban J connectivity index is 1.42. The molecule has 0 saturated carbocycles. The summed E-state index contributed by atoms with van der Waals surface area (Å²) >= 11 is 1.78. The molecule has 1 atom stereocenters. The fraction of sp³-hybridized carbons (Fsp3) is 0.667. The lowest BCUT2D eigenvalue weighted by molar-refractivity contribution is 0.143. The monoisotopic (exact) mass is 345 g/mol. The Labute approximate surface area is 148 Å². The summed E-state index contributed by atoms with van der Waals surface area (Å²) in [6, 6.07) is 2.68. The van der Waals surface area contributed by atoms with Gasteiger partial charge in [0.15, 0.2) is 0 Å². The largest absolute Gasteiger partial charge is 0.303 e. The molecule has 24 heavy (non-hydrogen) atoms. The molecule has 2 aliphatic rings. The third-order valence-electron chi connectivity index (χ3n) is 5.39. The summed E-state index contributed by atoms with van der Waals surface area (Å²) in [5.74, 6) is 0. The summed E-state index contributed by atoms with van der Waals surface area (Å²) in [5, 5.41) is 4.61. The van der Waals surface area contributed by atoms with Gasteiger partial charge in [0, 0.05) is 37.3 Å². The molecule has 0 spiro atoms. The molecule has 2 aliphatic heterocycles. The van der Waals surface area contributed by atoms with E-state index >= 15 is 0 Å². The topological polar surface area (TPSA) is 37.2 Å². The highest BCUT2D eigenvalue weighted by molar-refractivity contribution is 7.09. The molecule has 4 heterocycles. The molecule has 130 valence electrons. The predicted octanol–water partition coefficient (Wildman–Crippen LogP) is 3.08. The number of nitrogens with zero attached hydrogens (tertiary/aromatic N) is 5. The zero-order valence-corrected chi connectivity index (χ0v) is 15.3. The van der Waals surface area contributed by atoms with E-state index in [4.69, 9.17) is 0 Å². The molecule has 1 saturated heterocycles. The molecule has 6 heteroatoms. The van der Waals surface area contributed by atoms with Gasteiger partial charge in [0.05, 0.1) is 22.9 Å². The van der Waals surface area contributed by atoms with E-state index in [-0.39, 0.29) is 0 Å². The Morgan fingerprint density at radius 3 is 2.88 bits per heavy atom. The number of piperidine rings is 1. The van der Waals surface area contributed by atoms with E-state index in [1.165, 1.54) is 61.6 Å². The van der Waals surface area contributed by atoms with Gasteiger partial charge in [-0.1, -0.05) is 6.42 Å². The minimum absolute atomic E-state index is 0.499. The third-order valence-corrected chi connectivity index (χ3v) is 6.31. The number of fused-ring (bicyclic) bond motifs is 1. The average Bonchev–Trinajstić information content (AvgIpc) is 3.23. The fourth-order valence-electron chi connectivity index (χ4n) is 3.99. The van der Waals surface area contributed by atoms with Crippen LogP contribution in [-0.2, 0) is 13.1 Å². The lowest BCUT2D eigenvalue weighted by Gasteiger charge is -2.35. The van der Waals surface area contributed by atoms with E-state index in [1.54, 1.807) is 11.3 Å². The normalized spacial score (nSPS) is 22.6. The summed E-state index contributed by atoms with van der Waals surface area (Å²) in [6.07, 6.45) is 7.31. The highest BCUT2D eigenvalue weighted by atomic mass is 32.1. The lowest BCUT2D eigenvalue weighted by Crippen LogP contribution is -2.39. The minimum Gasteiger partial charge on any atom is -0.303 e. The van der Waals surface area contributed by atoms with Crippen molar-refractivity contribution in [2.45, 2.75) is 51.7 Å². The smallest absolute Gasteiger partial charge is 0.0798 e. The molecule has 4 rings (SSSR count). The number of aryl methyl sites for hydroxylation is 1. The van der Waals surface area contributed by atoms with Crippen LogP contribution >= 0.6 is 11.3 Å². The molecule has 0 N–H and O–H groups in total. The van der Waals surface area contributed by atoms with Crippen molar-refractivity contribution < 1.29 is 0 Å². The summed E-state index contributed by atoms with van der Waals surface area (Å²) in [5.41, 5.74) is 4.50. The number of rotatable bonds is 5. The van der Waals surface area contributed by atoms with Gasteiger partial charge in [-0.3, -0.25) is 9.58 Å². The van der Waals surface area contributed by atoms with E-state index in [9.17, 15) is 0 Å². The van der Waals surface area contributed by atoms with Gasteiger partial charge in [-0.25, -0.2) is 4.98 Å². The van der Waals surface area contributed by atoms with Gasteiger partial charge in [0.25, 0.3) is 0 Å². The van der Waals surface area contributed by atoms with Crippen LogP contribution in [0, 0.1) is 6.92 Å². The highest BCUT2D eigenvalue weighted by Gasteiger charge is 2.26. The quantitative estimate of drug-likeness (QED) is 0.834. The van der Waals surface area contributed by atoms with Gasteiger partial charge < -0.3 is 4.90 Å². The van der Waals surface area contributed by atoms with Crippen molar-refractivity contribution in [2.24, 2.45) is 0 Å². The Morgan fingerprint density at radius 2 is 2.08 bits per heavy atom. The van der Waals surface area contributed by atoms with E-state index in [0.29, 0.717) is 6.04 Å². The zero-order valence-electron chi connectivity index (χ0n) is 14.5. The summed E-state index contributed by atoms with van der Waals surface area (Å²) in [4.78, 5) is 11.0. The molecule has 0 unspecified atom stereocenters. The van der Waals surface area contributed by atoms with Gasteiger partial charge >= 0.3 is 0 Å². The minimum atomic E-state index is 0.499. The van der Waals surface area contributed by atoms with Gasteiger partial charge in [-0.15, -0.1) is 11.3 Å². The van der Waals surface area contributed by atoms with Gasteiger partial charge in [0.2, 0.25) is 0 Å². The van der Waals surface area contributed by atoms with Gasteiger partial charge in [-0.2, -0.15) is 5.10 Å². The van der Waals surface area contributed by atoms with Gasteiger partial charge in [0.1, 0.15) is 0 Å². The fourth-order valence-corrected chi connectivity index (χ4v) is 4.81. The molecule has 0 radical (unpaired) electrons. The highest BCUT2D eigenvalue weighted by Crippen LogP contribution is 2.26. The first-order valence-corrected chi connectivity index (χ1v) is 10.0. The van der Waals surface area contributed by atoms with Crippen molar-refractivity contribution >= 4 is 11.3 Å². The van der Waals surface area contributed by atoms with E-state index in [2.05, 4.69) is 37.6 Å². The van der Waals surface area contributed by atoms with Crippen LogP contribution < -0.4 is 0 Å². The Kier molecular flexibility index (Phi) is 4.96. The molecule has 0 bridgehead atoms. The summed E-state index contributed by atoms with van der Waals surface area (Å²) in [6.45, 7) is 9.00. The van der Waals surface area contributed by atoms with Crippen molar-refractivity contribution in [3.63, 3.8) is 0 Å². The molecule has 2 aromatic rings.